The molecule has 1 heterocycles. The second-order valence-corrected chi connectivity index (χ2v) is 11.0. The molecule has 0 fully saturated rings. The smallest absolute Gasteiger partial charge is 0.270 e. The molecule has 0 aliphatic carbocycles. The normalized spacial score (nSPS) is 11.1. The van der Waals surface area contributed by atoms with Crippen LogP contribution in [-0.2, 0) is 10.0 Å². The molecule has 1 aromatic heterocycles. The van der Waals surface area contributed by atoms with Crippen molar-refractivity contribution >= 4 is 55.4 Å². The third-order valence-corrected chi connectivity index (χ3v) is 7.98. The number of nitrogens with zero attached hydrogens (tertiary/aromatic N) is 2. The zero-order valence-corrected chi connectivity index (χ0v) is 23.1. The predicted octanol–water partition coefficient (Wildman–Crippen LogP) is 5.75. The first-order valence-corrected chi connectivity index (χ1v) is 13.8. The first kappa shape index (κ1) is 27.8. The summed E-state index contributed by atoms with van der Waals surface area (Å²) >= 11 is 7.28. The largest absolute Gasteiger partial charge is 0.495 e. The van der Waals surface area contributed by atoms with Crippen molar-refractivity contribution in [1.82, 2.24) is 4.98 Å². The number of nitrogens with one attached hydrogen (secondary N) is 2. The van der Waals surface area contributed by atoms with E-state index in [1.807, 2.05) is 0 Å². The van der Waals surface area contributed by atoms with Gasteiger partial charge in [0.15, 0.2) is 5.13 Å². The molecule has 0 atom stereocenters. The first-order chi connectivity index (χ1) is 18.5. The highest BCUT2D eigenvalue weighted by molar-refractivity contribution is 7.92. The van der Waals surface area contributed by atoms with Crippen LogP contribution in [0.2, 0.25) is 5.02 Å². The van der Waals surface area contributed by atoms with Crippen LogP contribution in [0.25, 0.3) is 11.3 Å². The Morgan fingerprint density at radius 1 is 1.08 bits per heavy atom. The van der Waals surface area contributed by atoms with Crippen LogP contribution < -0.4 is 19.5 Å². The van der Waals surface area contributed by atoms with Gasteiger partial charge < -0.3 is 9.47 Å². The molecule has 3 aromatic carbocycles. The van der Waals surface area contributed by atoms with Gasteiger partial charge in [0.2, 0.25) is 0 Å². The van der Waals surface area contributed by atoms with Crippen molar-refractivity contribution in [3.63, 3.8) is 0 Å². The standard InChI is InChI=1S/C25H21ClN4O7S2/c1-14-7-8-17(39(34,35)29-20-11-19(26)22(36-2)12-23(20)37-3)10-18(14)24(31)28-25-27-21(13-38-25)15-5-4-6-16(9-15)30(32)33/h4-13,29H,1-3H3,(H,27,28,31). The first-order valence-electron chi connectivity index (χ1n) is 11.1. The number of ether oxygens (including phenoxy) is 2. The van der Waals surface area contributed by atoms with Crippen LogP contribution in [0.4, 0.5) is 16.5 Å². The Morgan fingerprint density at radius 3 is 2.51 bits per heavy atom. The number of carbonyl (C=O) groups excluding carboxylic acids is 1. The fraction of sp³-hybridized carbons (Fsp3) is 0.120. The highest BCUT2D eigenvalue weighted by Gasteiger charge is 2.22. The highest BCUT2D eigenvalue weighted by Crippen LogP contribution is 2.37. The third-order valence-electron chi connectivity index (χ3n) is 5.56. The summed E-state index contributed by atoms with van der Waals surface area (Å²) in [5, 5.41) is 15.8. The van der Waals surface area contributed by atoms with Crippen molar-refractivity contribution < 1.29 is 27.6 Å². The van der Waals surface area contributed by atoms with Crippen LogP contribution in [0.3, 0.4) is 0 Å². The van der Waals surface area contributed by atoms with Crippen molar-refractivity contribution in [1.29, 1.82) is 0 Å². The Labute approximate surface area is 232 Å². The molecule has 4 aromatic rings. The Morgan fingerprint density at radius 2 is 1.82 bits per heavy atom. The highest BCUT2D eigenvalue weighted by atomic mass is 35.5. The minimum atomic E-state index is -4.15. The van der Waals surface area contributed by atoms with Crippen LogP contribution in [0.1, 0.15) is 15.9 Å². The Hall–Kier alpha value is -4.20. The minimum Gasteiger partial charge on any atom is -0.495 e. The lowest BCUT2D eigenvalue weighted by atomic mass is 10.1. The van der Waals surface area contributed by atoms with Gasteiger partial charge in [0.25, 0.3) is 21.6 Å². The zero-order valence-electron chi connectivity index (χ0n) is 20.7. The molecule has 0 bridgehead atoms. The molecular formula is C25H21ClN4O7S2. The molecule has 0 unspecified atom stereocenters. The van der Waals surface area contributed by atoms with Crippen LogP contribution in [0, 0.1) is 17.0 Å². The van der Waals surface area contributed by atoms with E-state index in [0.717, 1.165) is 11.3 Å². The molecule has 0 aliphatic rings. The minimum absolute atomic E-state index is 0.0807. The van der Waals surface area contributed by atoms with E-state index in [0.29, 0.717) is 22.6 Å². The lowest BCUT2D eigenvalue weighted by Crippen LogP contribution is -2.17. The average molecular weight is 589 g/mol. The van der Waals surface area contributed by atoms with Crippen molar-refractivity contribution in [2.75, 3.05) is 24.3 Å². The number of sulfonamides is 1. The van der Waals surface area contributed by atoms with Gasteiger partial charge in [-0.25, -0.2) is 13.4 Å². The molecule has 2 N–H and O–H groups in total. The number of methoxy groups -OCH3 is 2. The summed E-state index contributed by atoms with van der Waals surface area (Å²) in [4.78, 5) is 27.8. The van der Waals surface area contributed by atoms with Gasteiger partial charge in [-0.15, -0.1) is 11.3 Å². The van der Waals surface area contributed by atoms with E-state index in [4.69, 9.17) is 21.1 Å². The van der Waals surface area contributed by atoms with E-state index in [9.17, 15) is 23.3 Å². The van der Waals surface area contributed by atoms with Crippen LogP contribution in [0.5, 0.6) is 11.5 Å². The van der Waals surface area contributed by atoms with Crippen molar-refractivity contribution in [2.45, 2.75) is 11.8 Å². The van der Waals surface area contributed by atoms with E-state index in [1.165, 1.54) is 56.7 Å². The number of carbonyl (C=O) groups is 1. The second kappa shape index (κ2) is 11.3. The summed E-state index contributed by atoms with van der Waals surface area (Å²) in [7, 11) is -1.36. The van der Waals surface area contributed by atoms with Gasteiger partial charge in [0.1, 0.15) is 11.5 Å². The summed E-state index contributed by atoms with van der Waals surface area (Å²) < 4.78 is 39.2. The maximum absolute atomic E-state index is 13.2. The number of aryl methyl sites for hydroxylation is 1. The molecule has 4 rings (SSSR count). The van der Waals surface area contributed by atoms with E-state index in [2.05, 4.69) is 15.0 Å². The molecule has 14 heteroatoms. The van der Waals surface area contributed by atoms with Gasteiger partial charge in [-0.05, 0) is 30.7 Å². The SMILES string of the molecule is COc1cc(OC)c(NS(=O)(=O)c2ccc(C)c(C(=O)Nc3nc(-c4cccc([N+](=O)[O-])c4)cs3)c2)cc1Cl. The number of non-ortho nitro benzene ring substituents is 1. The number of hydrogen-bond donors (Lipinski definition) is 2. The Bertz CT molecular complexity index is 1690. The molecule has 11 nitrogen and oxygen atoms in total. The van der Waals surface area contributed by atoms with Crippen LogP contribution >= 0.6 is 22.9 Å². The lowest BCUT2D eigenvalue weighted by Gasteiger charge is -2.15. The predicted molar refractivity (Wildman–Crippen MR) is 149 cm³/mol. The number of hydrogen-bond acceptors (Lipinski definition) is 9. The van der Waals surface area contributed by atoms with Gasteiger partial charge >= 0.3 is 0 Å². The van der Waals surface area contributed by atoms with Gasteiger partial charge in [-0.2, -0.15) is 0 Å². The van der Waals surface area contributed by atoms with E-state index in [1.54, 1.807) is 24.4 Å². The maximum Gasteiger partial charge on any atom is 0.270 e. The van der Waals surface area contributed by atoms with Gasteiger partial charge in [0, 0.05) is 34.7 Å². The fourth-order valence-electron chi connectivity index (χ4n) is 3.56. The van der Waals surface area contributed by atoms with Crippen molar-refractivity contribution in [3.8, 4) is 22.8 Å². The van der Waals surface area contributed by atoms with Crippen LogP contribution in [0.15, 0.2) is 64.9 Å². The topological polar surface area (TPSA) is 150 Å². The molecule has 0 aliphatic heterocycles. The third kappa shape index (κ3) is 6.11. The molecular weight excluding hydrogens is 568 g/mol. The zero-order chi connectivity index (χ0) is 28.3. The number of nitro groups is 1. The van der Waals surface area contributed by atoms with Crippen LogP contribution in [-0.4, -0.2) is 38.5 Å². The van der Waals surface area contributed by atoms with E-state index >= 15 is 0 Å². The molecule has 0 radical (unpaired) electrons. The summed E-state index contributed by atoms with van der Waals surface area (Å²) in [5.41, 5.74) is 1.62. The van der Waals surface area contributed by atoms with Gasteiger partial charge in [-0.1, -0.05) is 29.8 Å². The quantitative estimate of drug-likeness (QED) is 0.185. The number of benzene rings is 3. The van der Waals surface area contributed by atoms with E-state index < -0.39 is 20.9 Å². The van der Waals surface area contributed by atoms with Gasteiger partial charge in [0.05, 0.1) is 40.4 Å². The Balaban J connectivity index is 1.57. The Kier molecular flexibility index (Phi) is 8.04. The molecule has 39 heavy (non-hydrogen) atoms. The van der Waals surface area contributed by atoms with E-state index in [-0.39, 0.29) is 37.7 Å². The van der Waals surface area contributed by atoms with Gasteiger partial charge in [-0.3, -0.25) is 24.9 Å². The number of aromatic nitrogens is 1. The summed E-state index contributed by atoms with van der Waals surface area (Å²) in [6.07, 6.45) is 0. The number of anilines is 2. The summed E-state index contributed by atoms with van der Waals surface area (Å²) in [5.74, 6) is -0.0793. The second-order valence-electron chi connectivity index (χ2n) is 8.07. The monoisotopic (exact) mass is 588 g/mol. The number of halogens is 1. The average Bonchev–Trinajstić information content (AvgIpc) is 3.37. The summed E-state index contributed by atoms with van der Waals surface area (Å²) in [6, 6.07) is 12.9. The van der Waals surface area contributed by atoms with Crippen molar-refractivity contribution in [3.05, 3.63) is 86.2 Å². The maximum atomic E-state index is 13.2. The molecule has 0 saturated heterocycles. The number of amides is 1. The number of rotatable bonds is 9. The molecule has 1 amide bonds. The number of thiazole rings is 1. The number of nitro benzene ring substituents is 1. The van der Waals surface area contributed by atoms with Crippen molar-refractivity contribution in [2.24, 2.45) is 0 Å². The molecule has 202 valence electrons. The lowest BCUT2D eigenvalue weighted by molar-refractivity contribution is -0.384. The molecule has 0 saturated carbocycles. The molecule has 0 spiro atoms. The summed E-state index contributed by atoms with van der Waals surface area (Å²) in [6.45, 7) is 1.67. The fourth-order valence-corrected chi connectivity index (χ4v) is 5.61.